The summed E-state index contributed by atoms with van der Waals surface area (Å²) < 4.78 is 11.0. The summed E-state index contributed by atoms with van der Waals surface area (Å²) in [6, 6.07) is 17.2. The van der Waals surface area contributed by atoms with Crippen molar-refractivity contribution < 1.29 is 19.1 Å². The van der Waals surface area contributed by atoms with Crippen molar-refractivity contribution in [1.29, 1.82) is 0 Å². The van der Waals surface area contributed by atoms with Gasteiger partial charge in [0.15, 0.2) is 0 Å². The van der Waals surface area contributed by atoms with Gasteiger partial charge in [-0.25, -0.2) is 0 Å². The van der Waals surface area contributed by atoms with Crippen molar-refractivity contribution >= 4 is 23.2 Å². The fraction of sp³-hybridized carbons (Fsp3) is 0.391. The normalized spacial score (nSPS) is 21.1. The number of rotatable bonds is 6. The molecule has 2 aliphatic rings. The Morgan fingerprint density at radius 2 is 1.55 bits per heavy atom. The van der Waals surface area contributed by atoms with Gasteiger partial charge < -0.3 is 19.7 Å². The molecule has 2 aromatic rings. The van der Waals surface area contributed by atoms with Gasteiger partial charge in [0.25, 0.3) is 11.8 Å². The summed E-state index contributed by atoms with van der Waals surface area (Å²) in [5, 5.41) is 2.90. The smallest absolute Gasteiger partial charge is 0.256 e. The molecule has 1 N–H and O–H groups in total. The molecule has 0 spiro atoms. The van der Waals surface area contributed by atoms with Gasteiger partial charge in [0.2, 0.25) is 0 Å². The first-order chi connectivity index (χ1) is 14.2. The lowest BCUT2D eigenvalue weighted by Gasteiger charge is -2.25. The first-order valence-electron chi connectivity index (χ1n) is 10.2. The highest BCUT2D eigenvalue weighted by atomic mass is 16.5. The van der Waals surface area contributed by atoms with Gasteiger partial charge in [0.1, 0.15) is 12.2 Å². The molecule has 2 aliphatic heterocycles. The zero-order valence-electron chi connectivity index (χ0n) is 16.4. The van der Waals surface area contributed by atoms with E-state index in [-0.39, 0.29) is 24.0 Å². The van der Waals surface area contributed by atoms with E-state index in [9.17, 15) is 9.59 Å². The summed E-state index contributed by atoms with van der Waals surface area (Å²) in [5.41, 5.74) is 2.56. The van der Waals surface area contributed by atoms with Crippen LogP contribution in [0.4, 0.5) is 11.4 Å². The third kappa shape index (κ3) is 4.83. The summed E-state index contributed by atoms with van der Waals surface area (Å²) >= 11 is 0. The predicted molar refractivity (Wildman–Crippen MR) is 111 cm³/mol. The summed E-state index contributed by atoms with van der Waals surface area (Å²) in [5.74, 6) is -0.112. The summed E-state index contributed by atoms with van der Waals surface area (Å²) in [7, 11) is 0. The maximum Gasteiger partial charge on any atom is 0.256 e. The van der Waals surface area contributed by atoms with Crippen molar-refractivity contribution in [2.24, 2.45) is 0 Å². The Morgan fingerprint density at radius 3 is 2.17 bits per heavy atom. The van der Waals surface area contributed by atoms with Gasteiger partial charge >= 0.3 is 0 Å². The maximum atomic E-state index is 13.0. The van der Waals surface area contributed by atoms with Crippen LogP contribution in [0.1, 0.15) is 31.2 Å². The van der Waals surface area contributed by atoms with Crippen LogP contribution in [0.2, 0.25) is 0 Å². The van der Waals surface area contributed by atoms with E-state index >= 15 is 0 Å². The number of nitrogens with zero attached hydrogens (tertiary/aromatic N) is 1. The molecule has 0 radical (unpaired) electrons. The number of benzene rings is 2. The third-order valence-electron chi connectivity index (χ3n) is 5.32. The van der Waals surface area contributed by atoms with Crippen LogP contribution in [0, 0.1) is 0 Å². The fourth-order valence-electron chi connectivity index (χ4n) is 3.73. The van der Waals surface area contributed by atoms with E-state index in [1.165, 1.54) is 0 Å². The highest BCUT2D eigenvalue weighted by molar-refractivity contribution is 5.97. The van der Waals surface area contributed by atoms with Crippen LogP contribution >= 0.6 is 0 Å². The quantitative estimate of drug-likeness (QED) is 0.814. The van der Waals surface area contributed by atoms with Crippen LogP contribution < -0.4 is 10.2 Å². The minimum absolute atomic E-state index is 0.00976. The van der Waals surface area contributed by atoms with E-state index in [2.05, 4.69) is 5.32 Å². The highest BCUT2D eigenvalue weighted by Crippen LogP contribution is 2.23. The lowest BCUT2D eigenvalue weighted by molar-refractivity contribution is -0.127. The maximum absolute atomic E-state index is 13.0. The van der Waals surface area contributed by atoms with Gasteiger partial charge in [-0.05, 0) is 55.5 Å². The second kappa shape index (κ2) is 9.20. The minimum atomic E-state index is -0.375. The third-order valence-corrected chi connectivity index (χ3v) is 5.32. The number of carbonyl (C=O) groups is 2. The molecule has 6 heteroatoms. The van der Waals surface area contributed by atoms with Crippen LogP contribution in [0.5, 0.6) is 0 Å². The minimum Gasteiger partial charge on any atom is -0.368 e. The average Bonchev–Trinajstić information content (AvgIpc) is 3.47. The number of para-hydroxylation sites is 1. The summed E-state index contributed by atoms with van der Waals surface area (Å²) in [6.07, 6.45) is 2.63. The van der Waals surface area contributed by atoms with Crippen LogP contribution in [-0.2, 0) is 25.6 Å². The molecule has 152 valence electrons. The number of ether oxygens (including phenoxy) is 2. The van der Waals surface area contributed by atoms with E-state index in [4.69, 9.17) is 9.47 Å². The van der Waals surface area contributed by atoms with E-state index in [1.807, 2.05) is 54.6 Å². The lowest BCUT2D eigenvalue weighted by atomic mass is 10.1. The molecule has 2 amide bonds. The van der Waals surface area contributed by atoms with Crippen molar-refractivity contribution in [1.82, 2.24) is 0 Å². The highest BCUT2D eigenvalue weighted by Gasteiger charge is 2.29. The van der Waals surface area contributed by atoms with E-state index in [0.29, 0.717) is 19.8 Å². The molecule has 0 aromatic heterocycles. The first-order valence-corrected chi connectivity index (χ1v) is 10.2. The Balaban J connectivity index is 1.45. The number of hydrogen-bond acceptors (Lipinski definition) is 4. The Bertz CT molecular complexity index is 826. The van der Waals surface area contributed by atoms with Gasteiger partial charge in [-0.1, -0.05) is 30.3 Å². The molecule has 2 heterocycles. The van der Waals surface area contributed by atoms with Gasteiger partial charge in [-0.2, -0.15) is 0 Å². The summed E-state index contributed by atoms with van der Waals surface area (Å²) in [6.45, 7) is 1.73. The Labute approximate surface area is 170 Å². The van der Waals surface area contributed by atoms with Gasteiger partial charge in [0.05, 0.1) is 6.54 Å². The molecule has 6 nitrogen and oxygen atoms in total. The van der Waals surface area contributed by atoms with Crippen molar-refractivity contribution in [3.63, 3.8) is 0 Å². The van der Waals surface area contributed by atoms with Crippen LogP contribution in [0.25, 0.3) is 0 Å². The molecule has 2 saturated heterocycles. The number of hydrogen-bond donors (Lipinski definition) is 1. The first kappa shape index (κ1) is 19.6. The molecule has 0 unspecified atom stereocenters. The number of anilines is 2. The number of amides is 2. The van der Waals surface area contributed by atoms with Crippen molar-refractivity contribution in [3.8, 4) is 0 Å². The second-order valence-electron chi connectivity index (χ2n) is 7.45. The van der Waals surface area contributed by atoms with Crippen molar-refractivity contribution in [3.05, 3.63) is 60.2 Å². The molecule has 2 atom stereocenters. The molecule has 0 aliphatic carbocycles. The van der Waals surface area contributed by atoms with Crippen LogP contribution in [0.15, 0.2) is 54.6 Å². The average molecular weight is 394 g/mol. The SMILES string of the molecule is O=C(Nc1ccc(CN(C(=O)[C@@H]2CCCO2)c2ccccc2)cc1)[C@H]1CCCO1. The molecule has 0 bridgehead atoms. The van der Waals surface area contributed by atoms with Gasteiger partial charge in [-0.15, -0.1) is 0 Å². The molecule has 2 aromatic carbocycles. The molecule has 2 fully saturated rings. The predicted octanol–water partition coefficient (Wildman–Crippen LogP) is 3.52. The molecular weight excluding hydrogens is 368 g/mol. The Hall–Kier alpha value is -2.70. The Kier molecular flexibility index (Phi) is 6.22. The van der Waals surface area contributed by atoms with Crippen LogP contribution in [-0.4, -0.2) is 37.2 Å². The van der Waals surface area contributed by atoms with E-state index in [0.717, 1.165) is 42.6 Å². The van der Waals surface area contributed by atoms with Crippen molar-refractivity contribution in [2.75, 3.05) is 23.4 Å². The van der Waals surface area contributed by atoms with Crippen LogP contribution in [0.3, 0.4) is 0 Å². The second-order valence-corrected chi connectivity index (χ2v) is 7.45. The van der Waals surface area contributed by atoms with E-state index in [1.54, 1.807) is 4.90 Å². The number of carbonyl (C=O) groups excluding carboxylic acids is 2. The lowest BCUT2D eigenvalue weighted by Crippen LogP contribution is -2.38. The zero-order chi connectivity index (χ0) is 20.1. The Morgan fingerprint density at radius 1 is 0.897 bits per heavy atom. The molecule has 0 saturated carbocycles. The van der Waals surface area contributed by atoms with E-state index < -0.39 is 0 Å². The van der Waals surface area contributed by atoms with Gasteiger partial charge in [-0.3, -0.25) is 9.59 Å². The summed E-state index contributed by atoms with van der Waals surface area (Å²) in [4.78, 5) is 27.0. The number of nitrogens with one attached hydrogen (secondary N) is 1. The van der Waals surface area contributed by atoms with Crippen molar-refractivity contribution in [2.45, 2.75) is 44.4 Å². The fourth-order valence-corrected chi connectivity index (χ4v) is 3.73. The monoisotopic (exact) mass is 394 g/mol. The molecular formula is C23H26N2O4. The largest absolute Gasteiger partial charge is 0.368 e. The topological polar surface area (TPSA) is 67.9 Å². The van der Waals surface area contributed by atoms with Gasteiger partial charge in [0, 0.05) is 24.6 Å². The standard InChI is InChI=1S/C23H26N2O4/c26-22(20-8-4-14-28-20)24-18-12-10-17(11-13-18)16-25(19-6-2-1-3-7-19)23(27)21-9-5-15-29-21/h1-3,6-7,10-13,20-21H,4-5,8-9,14-16H2,(H,24,26)/t20-,21+/m1/s1. The zero-order valence-corrected chi connectivity index (χ0v) is 16.4. The molecule has 29 heavy (non-hydrogen) atoms. The molecule has 4 rings (SSSR count).